The van der Waals surface area contributed by atoms with Crippen molar-refractivity contribution in [3.63, 3.8) is 0 Å². The van der Waals surface area contributed by atoms with Crippen LogP contribution in [0.2, 0.25) is 0 Å². The van der Waals surface area contributed by atoms with E-state index in [1.807, 2.05) is 0 Å². The third-order valence-corrected chi connectivity index (χ3v) is 2.16. The van der Waals surface area contributed by atoms with E-state index >= 15 is 0 Å². The fourth-order valence-electron chi connectivity index (χ4n) is 1.27. The van der Waals surface area contributed by atoms with Gasteiger partial charge in [-0.05, 0) is 18.2 Å². The van der Waals surface area contributed by atoms with Crippen molar-refractivity contribution in [1.29, 1.82) is 0 Å². The van der Waals surface area contributed by atoms with Crippen LogP contribution in [-0.4, -0.2) is 23.5 Å². The average molecular weight is 279 g/mol. The quantitative estimate of drug-likeness (QED) is 0.829. The molecule has 0 spiro atoms. The first-order chi connectivity index (χ1) is 8.71. The van der Waals surface area contributed by atoms with Gasteiger partial charge in [-0.1, -0.05) is 0 Å². The number of carbonyl (C=O) groups is 2. The molecule has 0 radical (unpaired) electrons. The minimum Gasteiger partial charge on any atom is -0.481 e. The van der Waals surface area contributed by atoms with E-state index in [0.717, 1.165) is 6.07 Å². The van der Waals surface area contributed by atoms with Crippen molar-refractivity contribution in [3.8, 4) is 0 Å². The SMILES string of the molecule is O=C(O)CCNC(=O)c1ccc(C(F)(F)F)c(F)c1. The zero-order chi connectivity index (χ0) is 14.6. The summed E-state index contributed by atoms with van der Waals surface area (Å²) in [6, 6.07) is 1.74. The molecule has 0 bridgehead atoms. The summed E-state index contributed by atoms with van der Waals surface area (Å²) in [5.74, 6) is -3.54. The summed E-state index contributed by atoms with van der Waals surface area (Å²) >= 11 is 0. The molecule has 4 nitrogen and oxygen atoms in total. The highest BCUT2D eigenvalue weighted by Gasteiger charge is 2.34. The molecule has 1 aromatic carbocycles. The summed E-state index contributed by atoms with van der Waals surface area (Å²) in [4.78, 5) is 21.6. The number of halogens is 4. The van der Waals surface area contributed by atoms with Gasteiger partial charge in [0.1, 0.15) is 5.82 Å². The fraction of sp³-hybridized carbons (Fsp3) is 0.273. The van der Waals surface area contributed by atoms with Gasteiger partial charge in [0.2, 0.25) is 0 Å². The van der Waals surface area contributed by atoms with Crippen LogP contribution in [0.5, 0.6) is 0 Å². The molecule has 0 saturated heterocycles. The highest BCUT2D eigenvalue weighted by molar-refractivity contribution is 5.94. The highest BCUT2D eigenvalue weighted by atomic mass is 19.4. The van der Waals surface area contributed by atoms with E-state index in [9.17, 15) is 27.2 Å². The van der Waals surface area contributed by atoms with Crippen LogP contribution in [0.15, 0.2) is 18.2 Å². The summed E-state index contributed by atoms with van der Waals surface area (Å²) in [5.41, 5.74) is -1.77. The zero-order valence-electron chi connectivity index (χ0n) is 9.42. The summed E-state index contributed by atoms with van der Waals surface area (Å²) in [5, 5.41) is 10.5. The van der Waals surface area contributed by atoms with E-state index in [1.165, 1.54) is 0 Å². The van der Waals surface area contributed by atoms with Gasteiger partial charge >= 0.3 is 12.1 Å². The summed E-state index contributed by atoms with van der Waals surface area (Å²) in [6.07, 6.45) is -5.17. The predicted molar refractivity (Wildman–Crippen MR) is 56.0 cm³/mol. The molecule has 0 heterocycles. The van der Waals surface area contributed by atoms with E-state index < -0.39 is 29.4 Å². The lowest BCUT2D eigenvalue weighted by Gasteiger charge is -2.09. The topological polar surface area (TPSA) is 66.4 Å². The third-order valence-electron chi connectivity index (χ3n) is 2.16. The number of nitrogens with one attached hydrogen (secondary N) is 1. The van der Waals surface area contributed by atoms with Gasteiger partial charge in [-0.25, -0.2) is 4.39 Å². The number of hydrogen-bond acceptors (Lipinski definition) is 2. The molecule has 0 aliphatic rings. The molecule has 1 aromatic rings. The van der Waals surface area contributed by atoms with Crippen LogP contribution in [0.25, 0.3) is 0 Å². The first-order valence-corrected chi connectivity index (χ1v) is 5.08. The van der Waals surface area contributed by atoms with Gasteiger partial charge in [-0.3, -0.25) is 9.59 Å². The Balaban J connectivity index is 2.78. The Bertz CT molecular complexity index is 499. The predicted octanol–water partition coefficient (Wildman–Crippen LogP) is 2.05. The maximum atomic E-state index is 13.2. The van der Waals surface area contributed by atoms with Crippen LogP contribution in [0.4, 0.5) is 17.6 Å². The molecule has 0 aromatic heterocycles. The van der Waals surface area contributed by atoms with Crippen molar-refractivity contribution >= 4 is 11.9 Å². The molecule has 0 atom stereocenters. The lowest BCUT2D eigenvalue weighted by Crippen LogP contribution is -2.26. The molecule has 104 valence electrons. The second-order valence-electron chi connectivity index (χ2n) is 3.59. The number of carboxylic acid groups (broad SMARTS) is 1. The second-order valence-corrected chi connectivity index (χ2v) is 3.59. The number of aliphatic carboxylic acids is 1. The average Bonchev–Trinajstić information content (AvgIpc) is 2.26. The van der Waals surface area contributed by atoms with E-state index in [4.69, 9.17) is 5.11 Å². The molecule has 1 rings (SSSR count). The van der Waals surface area contributed by atoms with E-state index in [0.29, 0.717) is 12.1 Å². The van der Waals surface area contributed by atoms with E-state index in [2.05, 4.69) is 5.32 Å². The molecule has 8 heteroatoms. The molecule has 0 aliphatic carbocycles. The van der Waals surface area contributed by atoms with Crippen molar-refractivity contribution in [2.75, 3.05) is 6.54 Å². The molecule has 0 unspecified atom stereocenters. The van der Waals surface area contributed by atoms with Gasteiger partial charge in [0.15, 0.2) is 0 Å². The van der Waals surface area contributed by atoms with Gasteiger partial charge in [-0.2, -0.15) is 13.2 Å². The van der Waals surface area contributed by atoms with Crippen LogP contribution >= 0.6 is 0 Å². The molecular formula is C11H9F4NO3. The zero-order valence-corrected chi connectivity index (χ0v) is 9.42. The number of amides is 1. The van der Waals surface area contributed by atoms with Gasteiger partial charge in [0, 0.05) is 12.1 Å². The maximum absolute atomic E-state index is 13.2. The summed E-state index contributed by atoms with van der Waals surface area (Å²) in [6.45, 7) is -0.198. The Hall–Kier alpha value is -2.12. The summed E-state index contributed by atoms with van der Waals surface area (Å²) < 4.78 is 50.0. The molecule has 1 amide bonds. The largest absolute Gasteiger partial charge is 0.481 e. The standard InChI is InChI=1S/C11H9F4NO3/c12-8-5-6(1-2-7(8)11(13,14)15)10(19)16-4-3-9(17)18/h1-2,5H,3-4H2,(H,16,19)(H,17,18). The number of hydrogen-bond donors (Lipinski definition) is 2. The Morgan fingerprint density at radius 3 is 2.37 bits per heavy atom. The molecule has 0 fully saturated rings. The Morgan fingerprint density at radius 2 is 1.89 bits per heavy atom. The van der Waals surface area contributed by atoms with Crippen LogP contribution in [0.3, 0.4) is 0 Å². The number of carboxylic acids is 1. The smallest absolute Gasteiger partial charge is 0.419 e. The molecule has 0 aliphatic heterocycles. The molecular weight excluding hydrogens is 270 g/mol. The van der Waals surface area contributed by atoms with E-state index in [-0.39, 0.29) is 18.5 Å². The minimum atomic E-state index is -4.83. The van der Waals surface area contributed by atoms with Gasteiger partial charge in [0.05, 0.1) is 12.0 Å². The van der Waals surface area contributed by atoms with Crippen molar-refractivity contribution in [2.24, 2.45) is 0 Å². The van der Waals surface area contributed by atoms with Crippen LogP contribution in [0, 0.1) is 5.82 Å². The minimum absolute atomic E-state index is 0.198. The van der Waals surface area contributed by atoms with Crippen LogP contribution in [-0.2, 0) is 11.0 Å². The monoisotopic (exact) mass is 279 g/mol. The fourth-order valence-corrected chi connectivity index (χ4v) is 1.27. The molecule has 19 heavy (non-hydrogen) atoms. The lowest BCUT2D eigenvalue weighted by molar-refractivity contribution is -0.140. The lowest BCUT2D eigenvalue weighted by atomic mass is 10.1. The van der Waals surface area contributed by atoms with Crippen LogP contribution < -0.4 is 5.32 Å². The molecule has 0 saturated carbocycles. The Kier molecular flexibility index (Phi) is 4.47. The van der Waals surface area contributed by atoms with Crippen molar-refractivity contribution in [2.45, 2.75) is 12.6 Å². The van der Waals surface area contributed by atoms with Crippen molar-refractivity contribution in [3.05, 3.63) is 35.1 Å². The number of alkyl halides is 3. The number of rotatable bonds is 4. The van der Waals surface area contributed by atoms with E-state index in [1.54, 1.807) is 0 Å². The van der Waals surface area contributed by atoms with Gasteiger partial charge in [0.25, 0.3) is 5.91 Å². The number of benzene rings is 1. The first-order valence-electron chi connectivity index (χ1n) is 5.08. The highest BCUT2D eigenvalue weighted by Crippen LogP contribution is 2.31. The Morgan fingerprint density at radius 1 is 1.26 bits per heavy atom. The maximum Gasteiger partial charge on any atom is 0.419 e. The Labute approximate surface area is 105 Å². The molecule has 2 N–H and O–H groups in total. The number of carbonyl (C=O) groups excluding carboxylic acids is 1. The second kappa shape index (κ2) is 5.68. The third kappa shape index (κ3) is 4.23. The first kappa shape index (κ1) is 14.9. The van der Waals surface area contributed by atoms with Crippen LogP contribution in [0.1, 0.15) is 22.3 Å². The van der Waals surface area contributed by atoms with Gasteiger partial charge < -0.3 is 10.4 Å². The normalized spacial score (nSPS) is 11.2. The summed E-state index contributed by atoms with van der Waals surface area (Å²) in [7, 11) is 0. The van der Waals surface area contributed by atoms with Crippen molar-refractivity contribution < 1.29 is 32.3 Å². The van der Waals surface area contributed by atoms with Crippen molar-refractivity contribution in [1.82, 2.24) is 5.32 Å². The van der Waals surface area contributed by atoms with Gasteiger partial charge in [-0.15, -0.1) is 0 Å².